The van der Waals surface area contributed by atoms with Gasteiger partial charge in [-0.2, -0.15) is 4.31 Å². The zero-order chi connectivity index (χ0) is 22.8. The summed E-state index contributed by atoms with van der Waals surface area (Å²) in [6, 6.07) is 6.09. The maximum absolute atomic E-state index is 13.4. The topological polar surface area (TPSA) is 105 Å². The fourth-order valence-corrected chi connectivity index (χ4v) is 4.99. The third kappa shape index (κ3) is 5.01. The summed E-state index contributed by atoms with van der Waals surface area (Å²) >= 11 is 0. The highest BCUT2D eigenvalue weighted by Crippen LogP contribution is 2.30. The second-order valence-corrected chi connectivity index (χ2v) is 8.92. The molecule has 168 valence electrons. The summed E-state index contributed by atoms with van der Waals surface area (Å²) in [5.41, 5.74) is -0.0334. The van der Waals surface area contributed by atoms with Crippen molar-refractivity contribution in [3.8, 4) is 5.75 Å². The van der Waals surface area contributed by atoms with Crippen LogP contribution in [0.25, 0.3) is 0 Å². The second kappa shape index (κ2) is 9.27. The van der Waals surface area contributed by atoms with Gasteiger partial charge in [0.1, 0.15) is 10.6 Å². The van der Waals surface area contributed by atoms with Gasteiger partial charge in [-0.1, -0.05) is 0 Å². The average molecular weight is 456 g/mol. The van der Waals surface area contributed by atoms with E-state index in [1.807, 2.05) is 0 Å². The van der Waals surface area contributed by atoms with Crippen molar-refractivity contribution in [3.05, 3.63) is 53.6 Å². The molecule has 1 fully saturated rings. The van der Waals surface area contributed by atoms with Crippen molar-refractivity contribution < 1.29 is 36.6 Å². The number of methoxy groups -OCH3 is 1. The van der Waals surface area contributed by atoms with Gasteiger partial charge in [0.05, 0.1) is 26.4 Å². The standard InChI is InChI=1S/C20H22F2N2O6S/c1-12-10-30-11-15(25)9-24(12)31(27,28)19-7-13(3-6-18(19)29-2)20(26)23-14-4-5-16(21)17(22)8-14/h3-8,12,15,25H,9-11H2,1-2H3,(H,23,26). The second-order valence-electron chi connectivity index (χ2n) is 7.06. The maximum Gasteiger partial charge on any atom is 0.255 e. The molecule has 3 rings (SSSR count). The molecule has 0 radical (unpaired) electrons. The number of hydrogen-bond donors (Lipinski definition) is 2. The Hall–Kier alpha value is -2.60. The average Bonchev–Trinajstić information content (AvgIpc) is 2.91. The van der Waals surface area contributed by atoms with Crippen LogP contribution in [0, 0.1) is 11.6 Å². The lowest BCUT2D eigenvalue weighted by Crippen LogP contribution is -2.43. The summed E-state index contributed by atoms with van der Waals surface area (Å²) in [5.74, 6) is -2.91. The number of β-amino-alcohol motifs (C(OH)–C–C–N with tert-alkyl or cyclic N) is 1. The summed E-state index contributed by atoms with van der Waals surface area (Å²) in [5, 5.41) is 12.4. The predicted octanol–water partition coefficient (Wildman–Crippen LogP) is 2.00. The van der Waals surface area contributed by atoms with Gasteiger partial charge in [0.25, 0.3) is 5.91 Å². The van der Waals surface area contributed by atoms with Crippen LogP contribution in [0.2, 0.25) is 0 Å². The van der Waals surface area contributed by atoms with Crippen LogP contribution in [0.1, 0.15) is 17.3 Å². The zero-order valence-electron chi connectivity index (χ0n) is 16.8. The van der Waals surface area contributed by atoms with Crippen LogP contribution >= 0.6 is 0 Å². The van der Waals surface area contributed by atoms with Crippen LogP contribution in [0.15, 0.2) is 41.3 Å². The fourth-order valence-electron chi connectivity index (χ4n) is 3.16. The van der Waals surface area contributed by atoms with Crippen molar-refractivity contribution in [2.75, 3.05) is 32.2 Å². The van der Waals surface area contributed by atoms with E-state index in [0.29, 0.717) is 0 Å². The number of carbonyl (C=O) groups excluding carboxylic acids is 1. The van der Waals surface area contributed by atoms with Gasteiger partial charge in [-0.25, -0.2) is 17.2 Å². The van der Waals surface area contributed by atoms with E-state index >= 15 is 0 Å². The molecule has 31 heavy (non-hydrogen) atoms. The van der Waals surface area contributed by atoms with E-state index in [1.54, 1.807) is 6.92 Å². The van der Waals surface area contributed by atoms with Crippen LogP contribution in [0.3, 0.4) is 0 Å². The number of benzene rings is 2. The molecule has 0 aliphatic carbocycles. The molecular weight excluding hydrogens is 434 g/mol. The summed E-state index contributed by atoms with van der Waals surface area (Å²) in [7, 11) is -2.88. The van der Waals surface area contributed by atoms with Crippen LogP contribution in [0.4, 0.5) is 14.5 Å². The van der Waals surface area contributed by atoms with Crippen molar-refractivity contribution in [1.82, 2.24) is 4.31 Å². The number of amides is 1. The van der Waals surface area contributed by atoms with Crippen LogP contribution < -0.4 is 10.1 Å². The molecule has 1 aliphatic rings. The maximum atomic E-state index is 13.4. The smallest absolute Gasteiger partial charge is 0.255 e. The van der Waals surface area contributed by atoms with E-state index in [2.05, 4.69) is 5.32 Å². The number of carbonyl (C=O) groups is 1. The van der Waals surface area contributed by atoms with E-state index in [-0.39, 0.29) is 41.7 Å². The van der Waals surface area contributed by atoms with Crippen molar-refractivity contribution in [2.24, 2.45) is 0 Å². The Labute approximate surface area is 178 Å². The minimum Gasteiger partial charge on any atom is -0.495 e. The number of anilines is 1. The van der Waals surface area contributed by atoms with Gasteiger partial charge in [-0.15, -0.1) is 0 Å². The molecule has 1 saturated heterocycles. The first-order valence-electron chi connectivity index (χ1n) is 9.35. The molecule has 0 spiro atoms. The molecule has 1 heterocycles. The highest BCUT2D eigenvalue weighted by Gasteiger charge is 2.35. The van der Waals surface area contributed by atoms with E-state index in [9.17, 15) is 27.1 Å². The molecule has 2 N–H and O–H groups in total. The Morgan fingerprint density at radius 2 is 1.94 bits per heavy atom. The van der Waals surface area contributed by atoms with Crippen molar-refractivity contribution >= 4 is 21.6 Å². The van der Waals surface area contributed by atoms with Gasteiger partial charge in [-0.3, -0.25) is 4.79 Å². The number of aliphatic hydroxyl groups is 1. The normalized spacial score (nSPS) is 20.2. The van der Waals surface area contributed by atoms with Gasteiger partial charge < -0.3 is 19.9 Å². The van der Waals surface area contributed by atoms with Gasteiger partial charge in [0.2, 0.25) is 10.0 Å². The van der Waals surface area contributed by atoms with E-state index in [0.717, 1.165) is 22.5 Å². The summed E-state index contributed by atoms with van der Waals surface area (Å²) in [6.07, 6.45) is -1.01. The van der Waals surface area contributed by atoms with Crippen LogP contribution in [0.5, 0.6) is 5.75 Å². The quantitative estimate of drug-likeness (QED) is 0.713. The lowest BCUT2D eigenvalue weighted by atomic mass is 10.2. The molecule has 0 saturated carbocycles. The van der Waals surface area contributed by atoms with Gasteiger partial charge >= 0.3 is 0 Å². The number of rotatable bonds is 5. The predicted molar refractivity (Wildman–Crippen MR) is 107 cm³/mol. The number of sulfonamides is 1. The minimum atomic E-state index is -4.17. The first-order valence-corrected chi connectivity index (χ1v) is 10.8. The molecule has 2 aromatic carbocycles. The summed E-state index contributed by atoms with van der Waals surface area (Å²) in [4.78, 5) is 12.3. The number of aliphatic hydroxyl groups excluding tert-OH is 1. The first kappa shape index (κ1) is 23.1. The van der Waals surface area contributed by atoms with Crippen LogP contribution in [-0.4, -0.2) is 62.8 Å². The van der Waals surface area contributed by atoms with E-state index in [1.165, 1.54) is 25.3 Å². The third-order valence-electron chi connectivity index (χ3n) is 4.74. The van der Waals surface area contributed by atoms with Crippen molar-refractivity contribution in [1.29, 1.82) is 0 Å². The molecule has 2 unspecified atom stereocenters. The Balaban J connectivity index is 1.95. The molecular formula is C20H22F2N2O6S. The number of hydrogen-bond acceptors (Lipinski definition) is 6. The molecule has 2 aromatic rings. The number of nitrogens with zero attached hydrogens (tertiary/aromatic N) is 1. The molecule has 11 heteroatoms. The van der Waals surface area contributed by atoms with Crippen LogP contribution in [-0.2, 0) is 14.8 Å². The molecule has 0 aromatic heterocycles. The monoisotopic (exact) mass is 456 g/mol. The highest BCUT2D eigenvalue weighted by molar-refractivity contribution is 7.89. The lowest BCUT2D eigenvalue weighted by molar-refractivity contribution is 0.0551. The molecule has 0 bridgehead atoms. The Morgan fingerprint density at radius 3 is 2.61 bits per heavy atom. The molecule has 1 amide bonds. The highest BCUT2D eigenvalue weighted by atomic mass is 32.2. The number of nitrogens with one attached hydrogen (secondary N) is 1. The third-order valence-corrected chi connectivity index (χ3v) is 6.74. The molecule has 2 atom stereocenters. The molecule has 1 aliphatic heterocycles. The van der Waals surface area contributed by atoms with Crippen molar-refractivity contribution in [3.63, 3.8) is 0 Å². The lowest BCUT2D eigenvalue weighted by Gasteiger charge is -2.27. The first-order chi connectivity index (χ1) is 14.6. The van der Waals surface area contributed by atoms with Gasteiger partial charge in [0, 0.05) is 29.9 Å². The van der Waals surface area contributed by atoms with Gasteiger partial charge in [-0.05, 0) is 37.3 Å². The molecule has 8 nitrogen and oxygen atoms in total. The number of ether oxygens (including phenoxy) is 2. The Kier molecular flexibility index (Phi) is 6.90. The van der Waals surface area contributed by atoms with E-state index < -0.39 is 39.7 Å². The summed E-state index contributed by atoms with van der Waals surface area (Å²) in [6.45, 7) is 1.55. The van der Waals surface area contributed by atoms with Gasteiger partial charge in [0.15, 0.2) is 11.6 Å². The number of halogens is 2. The largest absolute Gasteiger partial charge is 0.495 e. The Bertz CT molecular complexity index is 1080. The minimum absolute atomic E-state index is 0.00414. The fraction of sp³-hybridized carbons (Fsp3) is 0.350. The van der Waals surface area contributed by atoms with E-state index in [4.69, 9.17) is 9.47 Å². The SMILES string of the molecule is COc1ccc(C(=O)Nc2ccc(F)c(F)c2)cc1S(=O)(=O)N1CC(O)COCC1C. The summed E-state index contributed by atoms with van der Waals surface area (Å²) < 4.78 is 64.7. The van der Waals surface area contributed by atoms with Crippen molar-refractivity contribution in [2.45, 2.75) is 24.0 Å². The zero-order valence-corrected chi connectivity index (χ0v) is 17.7. The Morgan fingerprint density at radius 1 is 1.19 bits per heavy atom.